The number of benzene rings is 1. The zero-order chi connectivity index (χ0) is 8.10. The first-order valence-corrected chi connectivity index (χ1v) is 3.97. The summed E-state index contributed by atoms with van der Waals surface area (Å²) < 4.78 is 0. The molecule has 0 fully saturated rings. The van der Waals surface area contributed by atoms with Crippen LogP contribution in [0.5, 0.6) is 0 Å². The van der Waals surface area contributed by atoms with Crippen molar-refractivity contribution in [3.63, 3.8) is 0 Å². The molecule has 1 aromatic carbocycles. The lowest BCUT2D eigenvalue weighted by atomic mass is 10.1. The molecule has 0 saturated carbocycles. The lowest BCUT2D eigenvalue weighted by Crippen LogP contribution is -2.21. The van der Waals surface area contributed by atoms with E-state index in [4.69, 9.17) is 0 Å². The van der Waals surface area contributed by atoms with Crippen LogP contribution < -0.4 is 4.90 Å². The third-order valence-electron chi connectivity index (χ3n) is 1.69. The van der Waals surface area contributed by atoms with Gasteiger partial charge >= 0.3 is 0 Å². The van der Waals surface area contributed by atoms with Gasteiger partial charge in [0.15, 0.2) is 0 Å². The van der Waals surface area contributed by atoms with E-state index < -0.39 is 0 Å². The monoisotopic (exact) mass is 149 g/mol. The van der Waals surface area contributed by atoms with Crippen molar-refractivity contribution in [2.75, 3.05) is 20.6 Å². The van der Waals surface area contributed by atoms with Gasteiger partial charge < -0.3 is 0 Å². The van der Waals surface area contributed by atoms with E-state index in [2.05, 4.69) is 49.3 Å². The topological polar surface area (TPSA) is 5.90 Å². The molecule has 0 N–H and O–H groups in total. The van der Waals surface area contributed by atoms with Crippen molar-refractivity contribution in [1.82, 2.24) is 4.90 Å². The zero-order valence-electron chi connectivity index (χ0n) is 7.25. The minimum atomic E-state index is 1.13. The van der Waals surface area contributed by atoms with Crippen molar-refractivity contribution in [3.05, 3.63) is 35.9 Å². The molecule has 0 aliphatic carbocycles. The van der Waals surface area contributed by atoms with E-state index in [1.54, 1.807) is 0 Å². The average molecular weight is 149 g/mol. The summed E-state index contributed by atoms with van der Waals surface area (Å²) in [6.07, 6.45) is 1.15. The van der Waals surface area contributed by atoms with Gasteiger partial charge in [0.2, 0.25) is 0 Å². The van der Waals surface area contributed by atoms with Gasteiger partial charge in [-0.25, -0.2) is 0 Å². The first-order chi connectivity index (χ1) is 5.29. The van der Waals surface area contributed by atoms with Crippen molar-refractivity contribution >= 4 is 0 Å². The molecule has 0 heterocycles. The summed E-state index contributed by atoms with van der Waals surface area (Å²) in [5.41, 5.74) is 1.42. The van der Waals surface area contributed by atoms with E-state index in [1.165, 1.54) is 5.56 Å². The van der Waals surface area contributed by atoms with Gasteiger partial charge in [-0.05, 0) is 5.56 Å². The summed E-state index contributed by atoms with van der Waals surface area (Å²) in [5, 5.41) is 0. The SMILES string of the molecule is C[N+](C)CCc1ccccc1. The van der Waals surface area contributed by atoms with Crippen molar-refractivity contribution in [2.24, 2.45) is 0 Å². The molecule has 59 valence electrons. The molecule has 0 spiro atoms. The summed E-state index contributed by atoms with van der Waals surface area (Å²) in [4.78, 5) is 2.20. The second-order valence-electron chi connectivity index (χ2n) is 3.04. The van der Waals surface area contributed by atoms with Crippen LogP contribution in [0.2, 0.25) is 0 Å². The molecule has 0 aliphatic rings. The Morgan fingerprint density at radius 3 is 2.27 bits per heavy atom. The maximum Gasteiger partial charge on any atom is 0.126 e. The highest BCUT2D eigenvalue weighted by Gasteiger charge is 1.98. The maximum absolute atomic E-state index is 2.20. The first-order valence-electron chi connectivity index (χ1n) is 3.97. The molecule has 0 unspecified atom stereocenters. The standard InChI is InChI=1S/C10H15N/c1-11(2)9-8-10-6-4-3-5-7-10/h3-7H,8-9H2,1-2H3/q+1. The van der Waals surface area contributed by atoms with Crippen LogP contribution in [0.1, 0.15) is 5.56 Å². The smallest absolute Gasteiger partial charge is 0.126 e. The normalized spacial score (nSPS) is 10.5. The predicted molar refractivity (Wildman–Crippen MR) is 49.0 cm³/mol. The van der Waals surface area contributed by atoms with Crippen LogP contribution in [0.4, 0.5) is 0 Å². The second kappa shape index (κ2) is 4.14. The van der Waals surface area contributed by atoms with Crippen LogP contribution in [-0.4, -0.2) is 20.6 Å². The van der Waals surface area contributed by atoms with E-state index >= 15 is 0 Å². The largest absolute Gasteiger partial charge is 0.175 e. The Morgan fingerprint density at radius 2 is 1.73 bits per heavy atom. The molecule has 0 saturated heterocycles. The number of hydrogen-bond donors (Lipinski definition) is 0. The van der Waals surface area contributed by atoms with E-state index in [0.29, 0.717) is 0 Å². The van der Waals surface area contributed by atoms with Crippen LogP contribution in [0.15, 0.2) is 30.3 Å². The van der Waals surface area contributed by atoms with Gasteiger partial charge in [-0.2, -0.15) is 4.90 Å². The molecule has 1 rings (SSSR count). The average Bonchev–Trinajstić information content (AvgIpc) is 2.03. The number of rotatable bonds is 3. The van der Waals surface area contributed by atoms with Crippen molar-refractivity contribution in [3.8, 4) is 0 Å². The summed E-state index contributed by atoms with van der Waals surface area (Å²) in [5.74, 6) is 0. The highest BCUT2D eigenvalue weighted by Crippen LogP contribution is 1.98. The second-order valence-corrected chi connectivity index (χ2v) is 3.04. The van der Waals surface area contributed by atoms with E-state index in [9.17, 15) is 0 Å². The Morgan fingerprint density at radius 1 is 1.09 bits per heavy atom. The van der Waals surface area contributed by atoms with E-state index in [0.717, 1.165) is 13.0 Å². The summed E-state index contributed by atoms with van der Waals surface area (Å²) in [7, 11) is 4.20. The molecule has 0 aliphatic heterocycles. The molecule has 11 heavy (non-hydrogen) atoms. The Kier molecular flexibility index (Phi) is 3.12. The fraction of sp³-hybridized carbons (Fsp3) is 0.400. The van der Waals surface area contributed by atoms with Crippen molar-refractivity contribution in [2.45, 2.75) is 6.42 Å². The minimum Gasteiger partial charge on any atom is -0.175 e. The van der Waals surface area contributed by atoms with Gasteiger partial charge in [0.05, 0.1) is 0 Å². The van der Waals surface area contributed by atoms with Crippen molar-refractivity contribution < 1.29 is 0 Å². The molecule has 0 aromatic heterocycles. The summed E-state index contributed by atoms with van der Waals surface area (Å²) >= 11 is 0. The van der Waals surface area contributed by atoms with Gasteiger partial charge in [0, 0.05) is 6.42 Å². The maximum atomic E-state index is 2.20. The van der Waals surface area contributed by atoms with Gasteiger partial charge in [-0.15, -0.1) is 0 Å². The Hall–Kier alpha value is -0.820. The Labute approximate surface area is 68.7 Å². The lowest BCUT2D eigenvalue weighted by molar-refractivity contribution is 0.565. The number of hydrogen-bond acceptors (Lipinski definition) is 1. The minimum absolute atomic E-state index is 1.13. The van der Waals surface area contributed by atoms with Crippen LogP contribution in [0.25, 0.3) is 0 Å². The van der Waals surface area contributed by atoms with Crippen LogP contribution >= 0.6 is 0 Å². The first kappa shape index (κ1) is 8.28. The van der Waals surface area contributed by atoms with Crippen molar-refractivity contribution in [1.29, 1.82) is 0 Å². The molecule has 1 aromatic rings. The number of nitrogens with zero attached hydrogens (tertiary/aromatic N) is 1. The molecule has 0 amide bonds. The molecule has 1 nitrogen and oxygen atoms in total. The zero-order valence-corrected chi connectivity index (χ0v) is 7.25. The van der Waals surface area contributed by atoms with E-state index in [-0.39, 0.29) is 0 Å². The molecule has 1 heteroatoms. The molecule has 0 bridgehead atoms. The quantitative estimate of drug-likeness (QED) is 0.576. The van der Waals surface area contributed by atoms with Gasteiger partial charge in [-0.3, -0.25) is 0 Å². The van der Waals surface area contributed by atoms with Gasteiger partial charge in [0.25, 0.3) is 0 Å². The molecule has 1 radical (unpaired) electrons. The van der Waals surface area contributed by atoms with Crippen LogP contribution in [-0.2, 0) is 6.42 Å². The predicted octanol–water partition coefficient (Wildman–Crippen LogP) is 1.63. The van der Waals surface area contributed by atoms with E-state index in [1.807, 2.05) is 0 Å². The fourth-order valence-corrected chi connectivity index (χ4v) is 0.997. The molecular weight excluding hydrogens is 134 g/mol. The molecule has 0 atom stereocenters. The number of likely N-dealkylation sites (N-methyl/N-ethyl adjacent to an activating group) is 1. The van der Waals surface area contributed by atoms with Crippen LogP contribution in [0, 0.1) is 0 Å². The highest BCUT2D eigenvalue weighted by atomic mass is 15.0. The third kappa shape index (κ3) is 3.19. The van der Waals surface area contributed by atoms with Gasteiger partial charge in [-0.1, -0.05) is 30.3 Å². The Bertz CT molecular complexity index is 191. The highest BCUT2D eigenvalue weighted by molar-refractivity contribution is 5.14. The summed E-state index contributed by atoms with van der Waals surface area (Å²) in [6, 6.07) is 10.6. The lowest BCUT2D eigenvalue weighted by Gasteiger charge is -1.99. The van der Waals surface area contributed by atoms with Crippen LogP contribution in [0.3, 0.4) is 0 Å². The van der Waals surface area contributed by atoms with Gasteiger partial charge in [0.1, 0.15) is 20.6 Å². The third-order valence-corrected chi connectivity index (χ3v) is 1.69. The summed E-state index contributed by atoms with van der Waals surface area (Å²) in [6.45, 7) is 1.13. The molecular formula is C10H15N+. The fourth-order valence-electron chi connectivity index (χ4n) is 0.997. The Balaban J connectivity index is 2.39.